The maximum absolute atomic E-state index is 12.7. The Kier molecular flexibility index (Phi) is 5.69. The molecule has 0 unspecified atom stereocenters. The third kappa shape index (κ3) is 4.00. The second-order valence-electron chi connectivity index (χ2n) is 7.37. The summed E-state index contributed by atoms with van der Waals surface area (Å²) in [5.41, 5.74) is 1.66. The van der Waals surface area contributed by atoms with Crippen LogP contribution in [0, 0.1) is 12.8 Å². The van der Waals surface area contributed by atoms with Crippen LogP contribution in [0.1, 0.15) is 24.2 Å². The van der Waals surface area contributed by atoms with Crippen molar-refractivity contribution in [2.24, 2.45) is 5.92 Å². The maximum Gasteiger partial charge on any atom is 0.223 e. The van der Waals surface area contributed by atoms with Crippen LogP contribution >= 0.6 is 0 Å². The molecule has 3 heterocycles. The Morgan fingerprint density at radius 3 is 2.67 bits per heavy atom. The molecule has 0 bridgehead atoms. The highest BCUT2D eigenvalue weighted by Gasteiger charge is 2.26. The third-order valence-corrected chi connectivity index (χ3v) is 5.54. The van der Waals surface area contributed by atoms with Crippen LogP contribution < -0.4 is 19.7 Å². The molecule has 1 aromatic carbocycles. The number of anilines is 1. The summed E-state index contributed by atoms with van der Waals surface area (Å²) in [6, 6.07) is 9.48. The van der Waals surface area contributed by atoms with Gasteiger partial charge in [0, 0.05) is 37.2 Å². The van der Waals surface area contributed by atoms with E-state index in [4.69, 9.17) is 9.47 Å². The largest absolute Gasteiger partial charge is 0.497 e. The van der Waals surface area contributed by atoms with Crippen molar-refractivity contribution in [1.82, 2.24) is 25.1 Å². The molecule has 0 atom stereocenters. The fraction of sp³-hybridized carbons (Fsp3) is 0.429. The molecule has 0 radical (unpaired) electrons. The van der Waals surface area contributed by atoms with Crippen molar-refractivity contribution in [3.05, 3.63) is 41.7 Å². The van der Waals surface area contributed by atoms with E-state index in [1.165, 1.54) is 0 Å². The molecule has 0 spiro atoms. The first-order chi connectivity index (χ1) is 14.6. The van der Waals surface area contributed by atoms with Crippen LogP contribution in [0.4, 0.5) is 5.82 Å². The molecule has 1 fully saturated rings. The van der Waals surface area contributed by atoms with Crippen LogP contribution in [-0.4, -0.2) is 53.0 Å². The van der Waals surface area contributed by atoms with Crippen molar-refractivity contribution in [2.45, 2.75) is 26.3 Å². The van der Waals surface area contributed by atoms with Crippen LogP contribution in [0.25, 0.3) is 5.65 Å². The minimum absolute atomic E-state index is 0.00845. The van der Waals surface area contributed by atoms with E-state index in [0.717, 1.165) is 54.5 Å². The summed E-state index contributed by atoms with van der Waals surface area (Å²) < 4.78 is 12.4. The van der Waals surface area contributed by atoms with Crippen molar-refractivity contribution in [2.75, 3.05) is 32.2 Å². The minimum atomic E-state index is -0.00845. The normalized spacial score (nSPS) is 14.7. The monoisotopic (exact) mass is 410 g/mol. The highest BCUT2D eigenvalue weighted by Crippen LogP contribution is 2.25. The highest BCUT2D eigenvalue weighted by atomic mass is 16.5. The summed E-state index contributed by atoms with van der Waals surface area (Å²) in [7, 11) is 3.23. The lowest BCUT2D eigenvalue weighted by Crippen LogP contribution is -2.40. The molecule has 1 amide bonds. The predicted octanol–water partition coefficient (Wildman–Crippen LogP) is 1.98. The van der Waals surface area contributed by atoms with Gasteiger partial charge in [-0.15, -0.1) is 15.3 Å². The first-order valence-corrected chi connectivity index (χ1v) is 10.0. The predicted molar refractivity (Wildman–Crippen MR) is 112 cm³/mol. The lowest BCUT2D eigenvalue weighted by Gasteiger charge is -2.32. The standard InChI is InChI=1S/C21H26N6O3/c1-14-23-24-19-6-7-20(25-27(14)19)26-10-8-15(9-11-26)21(28)22-13-16-4-5-17(29-2)12-18(16)30-3/h4-7,12,15H,8-11,13H2,1-3H3,(H,22,28). The number of aromatic nitrogens is 4. The smallest absolute Gasteiger partial charge is 0.223 e. The lowest BCUT2D eigenvalue weighted by atomic mass is 9.96. The number of piperidine rings is 1. The number of carbonyl (C=O) groups excluding carboxylic acids is 1. The Labute approximate surface area is 175 Å². The Hall–Kier alpha value is -3.36. The van der Waals surface area contributed by atoms with Crippen LogP contribution in [-0.2, 0) is 11.3 Å². The van der Waals surface area contributed by atoms with Crippen molar-refractivity contribution < 1.29 is 14.3 Å². The van der Waals surface area contributed by atoms with Crippen molar-refractivity contribution in [3.63, 3.8) is 0 Å². The highest BCUT2D eigenvalue weighted by molar-refractivity contribution is 5.79. The fourth-order valence-corrected chi connectivity index (χ4v) is 3.75. The van der Waals surface area contributed by atoms with E-state index in [0.29, 0.717) is 12.3 Å². The summed E-state index contributed by atoms with van der Waals surface area (Å²) in [5.74, 6) is 3.14. The number of nitrogens with one attached hydrogen (secondary N) is 1. The number of nitrogens with zero attached hydrogens (tertiary/aromatic N) is 5. The van der Waals surface area contributed by atoms with Gasteiger partial charge < -0.3 is 19.7 Å². The molecule has 1 N–H and O–H groups in total. The Bertz CT molecular complexity index is 1040. The van der Waals surface area contributed by atoms with Gasteiger partial charge >= 0.3 is 0 Å². The van der Waals surface area contributed by atoms with Gasteiger partial charge in [0.25, 0.3) is 0 Å². The van der Waals surface area contributed by atoms with Crippen LogP contribution in [0.15, 0.2) is 30.3 Å². The summed E-state index contributed by atoms with van der Waals surface area (Å²) in [6.45, 7) is 3.87. The van der Waals surface area contributed by atoms with E-state index < -0.39 is 0 Å². The van der Waals surface area contributed by atoms with Gasteiger partial charge in [0.1, 0.15) is 17.3 Å². The van der Waals surface area contributed by atoms with Gasteiger partial charge in [-0.1, -0.05) is 0 Å². The van der Waals surface area contributed by atoms with Crippen molar-refractivity contribution in [1.29, 1.82) is 0 Å². The minimum Gasteiger partial charge on any atom is -0.497 e. The van der Waals surface area contributed by atoms with Crippen molar-refractivity contribution >= 4 is 17.4 Å². The number of carbonyl (C=O) groups is 1. The molecule has 3 aromatic rings. The fourth-order valence-electron chi connectivity index (χ4n) is 3.75. The van der Waals surface area contributed by atoms with Gasteiger partial charge in [0.2, 0.25) is 5.91 Å². The van der Waals surface area contributed by atoms with E-state index in [9.17, 15) is 4.79 Å². The number of aryl methyl sites for hydroxylation is 1. The summed E-state index contributed by atoms with van der Waals surface area (Å²) >= 11 is 0. The van der Waals surface area contributed by atoms with E-state index in [1.807, 2.05) is 37.3 Å². The Morgan fingerprint density at radius 1 is 1.13 bits per heavy atom. The lowest BCUT2D eigenvalue weighted by molar-refractivity contribution is -0.125. The molecule has 0 saturated carbocycles. The maximum atomic E-state index is 12.7. The first-order valence-electron chi connectivity index (χ1n) is 10.0. The quantitative estimate of drug-likeness (QED) is 0.664. The summed E-state index contributed by atoms with van der Waals surface area (Å²) in [6.07, 6.45) is 1.57. The molecule has 4 rings (SSSR count). The molecule has 9 nitrogen and oxygen atoms in total. The summed E-state index contributed by atoms with van der Waals surface area (Å²) in [4.78, 5) is 14.9. The molecule has 30 heavy (non-hydrogen) atoms. The number of rotatable bonds is 6. The molecule has 158 valence electrons. The van der Waals surface area contributed by atoms with E-state index >= 15 is 0 Å². The average molecular weight is 410 g/mol. The van der Waals surface area contributed by atoms with Gasteiger partial charge in [-0.3, -0.25) is 4.79 Å². The van der Waals surface area contributed by atoms with Gasteiger partial charge in [-0.05, 0) is 44.0 Å². The topological polar surface area (TPSA) is 93.9 Å². The SMILES string of the molecule is COc1ccc(CNC(=O)C2CCN(c3ccc4nnc(C)n4n3)CC2)c(OC)c1. The zero-order valence-corrected chi connectivity index (χ0v) is 17.5. The molecular weight excluding hydrogens is 384 g/mol. The van der Waals surface area contributed by atoms with E-state index in [1.54, 1.807) is 18.7 Å². The summed E-state index contributed by atoms with van der Waals surface area (Å²) in [5, 5.41) is 15.8. The second-order valence-corrected chi connectivity index (χ2v) is 7.37. The number of amides is 1. The third-order valence-electron chi connectivity index (χ3n) is 5.54. The zero-order chi connectivity index (χ0) is 21.1. The number of methoxy groups -OCH3 is 2. The molecule has 1 aliphatic heterocycles. The van der Waals surface area contributed by atoms with E-state index in [-0.39, 0.29) is 11.8 Å². The number of fused-ring (bicyclic) bond motifs is 1. The number of benzene rings is 1. The van der Waals surface area contributed by atoms with Gasteiger partial charge in [-0.2, -0.15) is 4.52 Å². The molecular formula is C21H26N6O3. The molecule has 0 aliphatic carbocycles. The Balaban J connectivity index is 1.33. The second kappa shape index (κ2) is 8.56. The molecule has 1 aliphatic rings. The van der Waals surface area contributed by atoms with Crippen molar-refractivity contribution in [3.8, 4) is 11.5 Å². The van der Waals surface area contributed by atoms with Crippen LogP contribution in [0.5, 0.6) is 11.5 Å². The zero-order valence-electron chi connectivity index (χ0n) is 17.5. The van der Waals surface area contributed by atoms with Gasteiger partial charge in [-0.25, -0.2) is 0 Å². The average Bonchev–Trinajstić information content (AvgIpc) is 3.17. The van der Waals surface area contributed by atoms with Gasteiger partial charge in [0.05, 0.1) is 14.2 Å². The van der Waals surface area contributed by atoms with E-state index in [2.05, 4.69) is 25.5 Å². The molecule has 1 saturated heterocycles. The van der Waals surface area contributed by atoms with Crippen LogP contribution in [0.2, 0.25) is 0 Å². The van der Waals surface area contributed by atoms with Crippen LogP contribution in [0.3, 0.4) is 0 Å². The first kappa shape index (κ1) is 19.9. The molecule has 2 aromatic heterocycles. The number of hydrogen-bond acceptors (Lipinski definition) is 7. The number of hydrogen-bond donors (Lipinski definition) is 1. The van der Waals surface area contributed by atoms with Gasteiger partial charge in [0.15, 0.2) is 11.5 Å². The molecule has 9 heteroatoms. The Morgan fingerprint density at radius 2 is 1.93 bits per heavy atom. The number of ether oxygens (including phenoxy) is 2.